The molecule has 0 fully saturated rings. The summed E-state index contributed by atoms with van der Waals surface area (Å²) in [5, 5.41) is 0. The minimum atomic E-state index is -0.364. The zero-order valence-electron chi connectivity index (χ0n) is 16.8. The fourth-order valence-electron chi connectivity index (χ4n) is 2.97. The molecular formula is C23H27N4O+. The number of amides is 1. The van der Waals surface area contributed by atoms with Crippen LogP contribution in [0.15, 0.2) is 72.8 Å². The van der Waals surface area contributed by atoms with Gasteiger partial charge in [-0.2, -0.15) is 16.3 Å². The van der Waals surface area contributed by atoms with E-state index >= 15 is 0 Å². The van der Waals surface area contributed by atoms with Gasteiger partial charge in [-0.3, -0.25) is 0 Å². The number of benzene rings is 3. The largest absolute Gasteiger partial charge is 0.384 e. The van der Waals surface area contributed by atoms with Crippen molar-refractivity contribution in [2.75, 3.05) is 16.3 Å². The molecule has 0 heterocycles. The van der Waals surface area contributed by atoms with Crippen LogP contribution in [0.1, 0.15) is 23.6 Å². The number of para-hydroxylation sites is 1. The highest BCUT2D eigenvalue weighted by Crippen LogP contribution is 2.24. The van der Waals surface area contributed by atoms with Crippen molar-refractivity contribution in [2.24, 2.45) is 0 Å². The van der Waals surface area contributed by atoms with Crippen LogP contribution in [0.2, 0.25) is 0 Å². The molecule has 3 aromatic rings. The second-order valence-corrected chi connectivity index (χ2v) is 7.08. The molecule has 144 valence electrons. The maximum absolute atomic E-state index is 12.9. The molecule has 0 bridgehead atoms. The number of hydrogen-bond donors (Lipinski definition) is 3. The number of aryl methyl sites for hydroxylation is 3. The van der Waals surface area contributed by atoms with E-state index in [-0.39, 0.29) is 10.7 Å². The lowest BCUT2D eigenvalue weighted by molar-refractivity contribution is -0.786. The second kappa shape index (κ2) is 8.15. The Labute approximate surface area is 166 Å². The topological polar surface area (TPSA) is 53.2 Å². The molecule has 0 saturated heterocycles. The second-order valence-electron chi connectivity index (χ2n) is 7.08. The van der Waals surface area contributed by atoms with Gasteiger partial charge in [0.05, 0.1) is 24.0 Å². The van der Waals surface area contributed by atoms with E-state index in [2.05, 4.69) is 29.3 Å². The van der Waals surface area contributed by atoms with E-state index in [0.29, 0.717) is 0 Å². The van der Waals surface area contributed by atoms with Crippen LogP contribution in [0.25, 0.3) is 0 Å². The molecule has 0 aliphatic carbocycles. The van der Waals surface area contributed by atoms with E-state index in [1.807, 2.05) is 80.6 Å². The normalized spacial score (nSPS) is 12.7. The molecule has 3 N–H and O–H groups in total. The molecule has 1 atom stereocenters. The fraction of sp³-hybridized carbons (Fsp3) is 0.174. The molecule has 0 spiro atoms. The van der Waals surface area contributed by atoms with Crippen molar-refractivity contribution in [3.63, 3.8) is 0 Å². The maximum Gasteiger partial charge on any atom is 0.384 e. The summed E-state index contributed by atoms with van der Waals surface area (Å²) >= 11 is 0. The van der Waals surface area contributed by atoms with Crippen LogP contribution < -0.4 is 16.3 Å². The molecule has 5 heteroatoms. The van der Waals surface area contributed by atoms with Gasteiger partial charge in [0.1, 0.15) is 0 Å². The molecule has 0 saturated carbocycles. The zero-order valence-corrected chi connectivity index (χ0v) is 16.8. The number of quaternary nitrogens is 1. The van der Waals surface area contributed by atoms with E-state index in [9.17, 15) is 4.79 Å². The number of anilines is 3. The summed E-state index contributed by atoms with van der Waals surface area (Å²) in [6.45, 7) is 7.66. The van der Waals surface area contributed by atoms with Crippen LogP contribution in [0.3, 0.4) is 0 Å². The van der Waals surface area contributed by atoms with Gasteiger partial charge in [0.25, 0.3) is 0 Å². The average Bonchev–Trinajstić information content (AvgIpc) is 2.66. The number of carbonyl (C=O) groups is 1. The third-order valence-electron chi connectivity index (χ3n) is 4.56. The standard InChI is InChI=1S/C23H27N4O/c1-17-10-13-22(14-11-17)25-27(20(4)28,24-21-8-6-5-7-9-21)26-23-15-12-18(2)16-19(23)3/h5-16,24-26H,1-4H3/q+1. The van der Waals surface area contributed by atoms with Crippen molar-refractivity contribution in [3.8, 4) is 0 Å². The highest BCUT2D eigenvalue weighted by atomic mass is 16.2. The molecule has 1 amide bonds. The molecule has 5 nitrogen and oxygen atoms in total. The highest BCUT2D eigenvalue weighted by Gasteiger charge is 2.37. The summed E-state index contributed by atoms with van der Waals surface area (Å²) in [5.74, 6) is -0.135. The van der Waals surface area contributed by atoms with Gasteiger partial charge in [-0.15, -0.1) is 0 Å². The molecule has 3 rings (SSSR count). The minimum absolute atomic E-state index is 0.135. The first-order valence-electron chi connectivity index (χ1n) is 9.32. The van der Waals surface area contributed by atoms with Crippen molar-refractivity contribution < 1.29 is 9.60 Å². The van der Waals surface area contributed by atoms with Crippen LogP contribution in [0.5, 0.6) is 0 Å². The fourth-order valence-corrected chi connectivity index (χ4v) is 2.97. The summed E-state index contributed by atoms with van der Waals surface area (Å²) in [4.78, 5) is 12.5. The maximum atomic E-state index is 12.9. The molecule has 0 aliphatic heterocycles. The Morgan fingerprint density at radius 1 is 0.714 bits per heavy atom. The Morgan fingerprint density at radius 3 is 1.86 bits per heavy atom. The lowest BCUT2D eigenvalue weighted by atomic mass is 10.1. The van der Waals surface area contributed by atoms with E-state index in [4.69, 9.17) is 0 Å². The van der Waals surface area contributed by atoms with Crippen LogP contribution in [-0.4, -0.2) is 10.7 Å². The molecule has 1 unspecified atom stereocenters. The van der Waals surface area contributed by atoms with Crippen LogP contribution in [-0.2, 0) is 4.79 Å². The highest BCUT2D eigenvalue weighted by molar-refractivity contribution is 5.70. The first-order valence-corrected chi connectivity index (χ1v) is 9.32. The predicted molar refractivity (Wildman–Crippen MR) is 115 cm³/mol. The number of nitrogens with one attached hydrogen (secondary N) is 3. The van der Waals surface area contributed by atoms with Gasteiger partial charge in [0.15, 0.2) is 0 Å². The number of carbonyl (C=O) groups excluding carboxylic acids is 1. The van der Waals surface area contributed by atoms with Crippen molar-refractivity contribution in [1.82, 2.24) is 0 Å². The third kappa shape index (κ3) is 4.50. The quantitative estimate of drug-likeness (QED) is 0.401. The number of rotatable bonds is 6. The van der Waals surface area contributed by atoms with Crippen LogP contribution >= 0.6 is 0 Å². The van der Waals surface area contributed by atoms with Gasteiger partial charge in [0, 0.05) is 4.81 Å². The Hall–Kier alpha value is -3.31. The average molecular weight is 375 g/mol. The summed E-state index contributed by atoms with van der Waals surface area (Å²) in [6, 6.07) is 23.7. The molecule has 0 radical (unpaired) electrons. The molecule has 28 heavy (non-hydrogen) atoms. The van der Waals surface area contributed by atoms with E-state index in [0.717, 1.165) is 28.2 Å². The van der Waals surface area contributed by atoms with Crippen molar-refractivity contribution in [1.29, 1.82) is 0 Å². The van der Waals surface area contributed by atoms with Gasteiger partial charge in [0.2, 0.25) is 0 Å². The van der Waals surface area contributed by atoms with Gasteiger partial charge in [-0.1, -0.05) is 53.6 Å². The summed E-state index contributed by atoms with van der Waals surface area (Å²) in [7, 11) is 0. The first kappa shape index (κ1) is 19.5. The summed E-state index contributed by atoms with van der Waals surface area (Å²) in [5.41, 5.74) is 15.9. The lowest BCUT2D eigenvalue weighted by Crippen LogP contribution is -2.63. The van der Waals surface area contributed by atoms with E-state index < -0.39 is 0 Å². The van der Waals surface area contributed by atoms with Gasteiger partial charge >= 0.3 is 5.91 Å². The molecule has 0 aromatic heterocycles. The van der Waals surface area contributed by atoms with Gasteiger partial charge in [-0.05, 0) is 56.7 Å². The predicted octanol–water partition coefficient (Wildman–Crippen LogP) is 5.36. The van der Waals surface area contributed by atoms with Crippen LogP contribution in [0.4, 0.5) is 17.1 Å². The third-order valence-corrected chi connectivity index (χ3v) is 4.56. The summed E-state index contributed by atoms with van der Waals surface area (Å²) in [6.07, 6.45) is 0. The monoisotopic (exact) mass is 375 g/mol. The number of nitrogens with zero attached hydrogens (tertiary/aromatic N) is 1. The minimum Gasteiger partial charge on any atom is -0.223 e. The first-order chi connectivity index (χ1) is 13.4. The Bertz CT molecular complexity index is 954. The van der Waals surface area contributed by atoms with Gasteiger partial charge in [-0.25, -0.2) is 4.79 Å². The van der Waals surface area contributed by atoms with Crippen molar-refractivity contribution in [2.45, 2.75) is 27.7 Å². The lowest BCUT2D eigenvalue weighted by Gasteiger charge is -2.35. The Kier molecular flexibility index (Phi) is 5.66. The van der Waals surface area contributed by atoms with Crippen molar-refractivity contribution >= 4 is 23.0 Å². The Balaban J connectivity index is 2.03. The molecule has 3 aromatic carbocycles. The number of hydrogen-bond acceptors (Lipinski definition) is 4. The molecule has 0 aliphatic rings. The summed E-state index contributed by atoms with van der Waals surface area (Å²) < 4.78 is 0. The SMILES string of the molecule is CC(=O)[N+](Nc1ccccc1)(Nc1ccc(C)cc1)Nc1ccc(C)cc1C. The van der Waals surface area contributed by atoms with Crippen LogP contribution in [0, 0.1) is 20.8 Å². The van der Waals surface area contributed by atoms with E-state index in [1.165, 1.54) is 5.56 Å². The molecular weight excluding hydrogens is 348 g/mol. The Morgan fingerprint density at radius 2 is 1.29 bits per heavy atom. The van der Waals surface area contributed by atoms with Crippen molar-refractivity contribution in [3.05, 3.63) is 89.5 Å². The van der Waals surface area contributed by atoms with Gasteiger partial charge < -0.3 is 0 Å². The smallest absolute Gasteiger partial charge is 0.223 e. The zero-order chi connectivity index (χ0) is 20.1. The van der Waals surface area contributed by atoms with E-state index in [1.54, 1.807) is 6.92 Å².